The molecule has 2 N–H and O–H groups in total. The van der Waals surface area contributed by atoms with E-state index in [1.54, 1.807) is 42.5 Å². The van der Waals surface area contributed by atoms with E-state index in [2.05, 4.69) is 14.8 Å². The minimum Gasteiger partial charge on any atom is -0.478 e. The maximum Gasteiger partial charge on any atom is 0.354 e. The number of carboxylic acids is 1. The van der Waals surface area contributed by atoms with Gasteiger partial charge in [-0.25, -0.2) is 14.4 Å². The van der Waals surface area contributed by atoms with Crippen molar-refractivity contribution < 1.29 is 33.7 Å². The fourth-order valence-corrected chi connectivity index (χ4v) is 2.05. The summed E-state index contributed by atoms with van der Waals surface area (Å²) in [5.41, 5.74) is 0.414. The number of hydrogen-bond acceptors (Lipinski definition) is 7. The Balaban J connectivity index is 2.17. The first-order valence-electron chi connectivity index (χ1n) is 7.70. The quantitative estimate of drug-likeness (QED) is 0.565. The maximum absolute atomic E-state index is 11.7. The maximum atomic E-state index is 11.7. The molecule has 0 amide bonds. The van der Waals surface area contributed by atoms with Crippen LogP contribution in [0, 0.1) is 0 Å². The normalized spacial score (nSPS) is 10.7. The Hall–Kier alpha value is -3.81. The van der Waals surface area contributed by atoms with E-state index in [4.69, 9.17) is 4.74 Å². The van der Waals surface area contributed by atoms with Gasteiger partial charge in [0.05, 0.1) is 20.3 Å². The molecular weight excluding hydrogens is 354 g/mol. The molecule has 0 saturated carbocycles. The van der Waals surface area contributed by atoms with Crippen molar-refractivity contribution in [3.63, 3.8) is 0 Å². The second kappa shape index (κ2) is 9.04. The molecule has 0 aliphatic heterocycles. The molecule has 0 aliphatic carbocycles. The number of hydrogen-bond donors (Lipinski definition) is 2. The second-order valence-electron chi connectivity index (χ2n) is 5.13. The number of carbonyl (C=O) groups excluding carboxylic acids is 2. The van der Waals surface area contributed by atoms with Gasteiger partial charge in [0.15, 0.2) is 0 Å². The van der Waals surface area contributed by atoms with Gasteiger partial charge in [-0.2, -0.15) is 0 Å². The summed E-state index contributed by atoms with van der Waals surface area (Å²) in [5.74, 6) is -1.96. The lowest BCUT2D eigenvalue weighted by Crippen LogP contribution is -2.15. The number of para-hydroxylation sites is 1. The molecule has 0 radical (unpaired) electrons. The fourth-order valence-electron chi connectivity index (χ4n) is 2.05. The molecule has 0 aromatic heterocycles. The van der Waals surface area contributed by atoms with E-state index in [0.717, 1.165) is 6.08 Å². The third-order valence-corrected chi connectivity index (χ3v) is 3.35. The highest BCUT2D eigenvalue weighted by Gasteiger charge is 2.14. The molecule has 140 valence electrons. The summed E-state index contributed by atoms with van der Waals surface area (Å²) in [6, 6.07) is 12.6. The molecule has 0 saturated heterocycles. The Morgan fingerprint density at radius 2 is 1.63 bits per heavy atom. The van der Waals surface area contributed by atoms with Crippen LogP contribution < -0.4 is 10.1 Å². The van der Waals surface area contributed by atoms with Crippen molar-refractivity contribution in [3.05, 3.63) is 65.9 Å². The number of anilines is 1. The Kier molecular flexibility index (Phi) is 6.54. The molecule has 0 spiro atoms. The molecule has 0 aliphatic rings. The van der Waals surface area contributed by atoms with Gasteiger partial charge in [0.25, 0.3) is 0 Å². The number of methoxy groups -OCH3 is 2. The molecule has 0 heterocycles. The first kappa shape index (κ1) is 19.5. The fraction of sp³-hybridized carbons (Fsp3) is 0.105. The van der Waals surface area contributed by atoms with Crippen molar-refractivity contribution in [2.24, 2.45) is 0 Å². The van der Waals surface area contributed by atoms with Gasteiger partial charge in [0.1, 0.15) is 22.8 Å². The van der Waals surface area contributed by atoms with Crippen LogP contribution in [-0.4, -0.2) is 37.2 Å². The van der Waals surface area contributed by atoms with Crippen LogP contribution in [0.3, 0.4) is 0 Å². The van der Waals surface area contributed by atoms with Gasteiger partial charge < -0.3 is 24.6 Å². The predicted octanol–water partition coefficient (Wildman–Crippen LogP) is 2.82. The summed E-state index contributed by atoms with van der Waals surface area (Å²) in [5, 5.41) is 11.9. The highest BCUT2D eigenvalue weighted by atomic mass is 16.5. The Labute approximate surface area is 155 Å². The van der Waals surface area contributed by atoms with E-state index in [-0.39, 0.29) is 17.0 Å². The largest absolute Gasteiger partial charge is 0.478 e. The van der Waals surface area contributed by atoms with E-state index in [1.807, 2.05) is 0 Å². The van der Waals surface area contributed by atoms with Gasteiger partial charge in [-0.05, 0) is 36.4 Å². The number of ether oxygens (including phenoxy) is 3. The standard InChI is InChI=1S/C19H17NO7/c1-25-17(21)11-15(19(24)26-2)20-12-7-9-13(10-8-12)27-16-6-4-3-5-14(16)18(22)23/h3-11,20H,1-2H3,(H,22,23)/b15-11+. The van der Waals surface area contributed by atoms with E-state index in [0.29, 0.717) is 11.4 Å². The minimum absolute atomic E-state index is 0.0358. The number of carboxylic acid groups (broad SMARTS) is 1. The molecule has 0 unspecified atom stereocenters. The van der Waals surface area contributed by atoms with Gasteiger partial charge in [-0.3, -0.25) is 0 Å². The van der Waals surface area contributed by atoms with Gasteiger partial charge in [-0.1, -0.05) is 12.1 Å². The van der Waals surface area contributed by atoms with Crippen molar-refractivity contribution in [2.45, 2.75) is 0 Å². The van der Waals surface area contributed by atoms with Gasteiger partial charge >= 0.3 is 17.9 Å². The van der Waals surface area contributed by atoms with Gasteiger partial charge in [0, 0.05) is 5.69 Å². The molecule has 0 bridgehead atoms. The molecule has 0 fully saturated rings. The summed E-state index contributed by atoms with van der Waals surface area (Å²) in [4.78, 5) is 34.3. The third-order valence-electron chi connectivity index (χ3n) is 3.35. The van der Waals surface area contributed by atoms with Crippen LogP contribution in [-0.2, 0) is 19.1 Å². The number of rotatable bonds is 7. The van der Waals surface area contributed by atoms with Crippen LogP contribution in [0.25, 0.3) is 0 Å². The number of benzene rings is 2. The van der Waals surface area contributed by atoms with Crippen molar-refractivity contribution in [3.8, 4) is 11.5 Å². The van der Waals surface area contributed by atoms with E-state index in [1.165, 1.54) is 20.3 Å². The second-order valence-corrected chi connectivity index (χ2v) is 5.13. The minimum atomic E-state index is -1.10. The van der Waals surface area contributed by atoms with E-state index in [9.17, 15) is 19.5 Å². The zero-order valence-corrected chi connectivity index (χ0v) is 14.6. The lowest BCUT2D eigenvalue weighted by molar-refractivity contribution is -0.138. The van der Waals surface area contributed by atoms with Crippen LogP contribution >= 0.6 is 0 Å². The summed E-state index contributed by atoms with van der Waals surface area (Å²) in [6.45, 7) is 0. The first-order valence-corrected chi connectivity index (χ1v) is 7.70. The third kappa shape index (κ3) is 5.33. The highest BCUT2D eigenvalue weighted by molar-refractivity contribution is 5.98. The van der Waals surface area contributed by atoms with Crippen molar-refractivity contribution in [1.82, 2.24) is 0 Å². The summed E-state index contributed by atoms with van der Waals surface area (Å²) >= 11 is 0. The molecule has 8 nitrogen and oxygen atoms in total. The number of carbonyl (C=O) groups is 3. The van der Waals surface area contributed by atoms with Crippen molar-refractivity contribution in [1.29, 1.82) is 0 Å². The van der Waals surface area contributed by atoms with Crippen LogP contribution in [0.2, 0.25) is 0 Å². The average Bonchev–Trinajstić information content (AvgIpc) is 2.68. The summed E-state index contributed by atoms with van der Waals surface area (Å²) in [6.07, 6.45) is 0.972. The Bertz CT molecular complexity index is 872. The molecule has 0 atom stereocenters. The average molecular weight is 371 g/mol. The van der Waals surface area contributed by atoms with E-state index >= 15 is 0 Å². The zero-order chi connectivity index (χ0) is 19.8. The zero-order valence-electron chi connectivity index (χ0n) is 14.6. The predicted molar refractivity (Wildman–Crippen MR) is 95.7 cm³/mol. The van der Waals surface area contributed by atoms with Crippen LogP contribution in [0.5, 0.6) is 11.5 Å². The summed E-state index contributed by atoms with van der Waals surface area (Å²) < 4.78 is 14.7. The van der Waals surface area contributed by atoms with Crippen molar-refractivity contribution in [2.75, 3.05) is 19.5 Å². The Morgan fingerprint density at radius 3 is 2.22 bits per heavy atom. The van der Waals surface area contributed by atoms with Crippen LogP contribution in [0.1, 0.15) is 10.4 Å². The van der Waals surface area contributed by atoms with Gasteiger partial charge in [0.2, 0.25) is 0 Å². The monoisotopic (exact) mass is 371 g/mol. The topological polar surface area (TPSA) is 111 Å². The molecule has 2 aromatic rings. The molecule has 2 rings (SSSR count). The lowest BCUT2D eigenvalue weighted by Gasteiger charge is -2.11. The Morgan fingerprint density at radius 1 is 0.963 bits per heavy atom. The molecule has 2 aromatic carbocycles. The molecule has 27 heavy (non-hydrogen) atoms. The lowest BCUT2D eigenvalue weighted by atomic mass is 10.2. The number of esters is 2. The highest BCUT2D eigenvalue weighted by Crippen LogP contribution is 2.26. The van der Waals surface area contributed by atoms with Crippen LogP contribution in [0.4, 0.5) is 5.69 Å². The van der Waals surface area contributed by atoms with Crippen LogP contribution in [0.15, 0.2) is 60.3 Å². The number of aromatic carboxylic acids is 1. The SMILES string of the molecule is COC(=O)/C=C(/Nc1ccc(Oc2ccccc2C(=O)O)cc1)C(=O)OC. The first-order chi connectivity index (χ1) is 12.9. The van der Waals surface area contributed by atoms with Crippen molar-refractivity contribution >= 4 is 23.6 Å². The number of nitrogens with one attached hydrogen (secondary N) is 1. The molecular formula is C19H17NO7. The smallest absolute Gasteiger partial charge is 0.354 e. The summed E-state index contributed by atoms with van der Waals surface area (Å²) in [7, 11) is 2.38. The van der Waals surface area contributed by atoms with E-state index < -0.39 is 17.9 Å². The molecule has 8 heteroatoms. The van der Waals surface area contributed by atoms with Gasteiger partial charge in [-0.15, -0.1) is 0 Å².